The first-order chi connectivity index (χ1) is 8.58. The summed E-state index contributed by atoms with van der Waals surface area (Å²) in [5.41, 5.74) is -0.0149. The highest BCUT2D eigenvalue weighted by molar-refractivity contribution is 4.99. The van der Waals surface area contributed by atoms with E-state index < -0.39 is 0 Å². The summed E-state index contributed by atoms with van der Waals surface area (Å²) in [6.07, 6.45) is 5.79. The summed E-state index contributed by atoms with van der Waals surface area (Å²) in [5, 5.41) is 9.36. The number of piperidine rings is 1. The van der Waals surface area contributed by atoms with E-state index in [4.69, 9.17) is 4.74 Å². The molecule has 0 bridgehead atoms. The van der Waals surface area contributed by atoms with Crippen molar-refractivity contribution < 1.29 is 4.74 Å². The molecule has 1 aliphatic carbocycles. The van der Waals surface area contributed by atoms with Crippen molar-refractivity contribution in [3.8, 4) is 6.07 Å². The van der Waals surface area contributed by atoms with Crippen LogP contribution in [0.4, 0.5) is 0 Å². The normalized spacial score (nSPS) is 42.4. The molecule has 1 saturated heterocycles. The van der Waals surface area contributed by atoms with Gasteiger partial charge < -0.3 is 4.74 Å². The zero-order chi connectivity index (χ0) is 13.2. The number of methoxy groups -OCH3 is 1. The van der Waals surface area contributed by atoms with Gasteiger partial charge in [-0.3, -0.25) is 4.90 Å². The SMILES string of the molecule is COC1(C)CCCN(C2CC(C)CCC2C#N)C1. The third-order valence-corrected chi connectivity index (χ3v) is 4.89. The molecule has 2 aliphatic rings. The summed E-state index contributed by atoms with van der Waals surface area (Å²) in [6, 6.07) is 2.99. The van der Waals surface area contributed by atoms with Crippen LogP contribution in [0.15, 0.2) is 0 Å². The lowest BCUT2D eigenvalue weighted by atomic mass is 9.77. The number of likely N-dealkylation sites (tertiary alicyclic amines) is 1. The fourth-order valence-electron chi connectivity index (χ4n) is 3.60. The fourth-order valence-corrected chi connectivity index (χ4v) is 3.60. The third-order valence-electron chi connectivity index (χ3n) is 4.89. The second-order valence-corrected chi connectivity index (χ2v) is 6.45. The Bertz CT molecular complexity index is 325. The molecule has 0 amide bonds. The highest BCUT2D eigenvalue weighted by Crippen LogP contribution is 2.35. The van der Waals surface area contributed by atoms with Crippen LogP contribution < -0.4 is 0 Å². The van der Waals surface area contributed by atoms with Crippen molar-refractivity contribution in [1.29, 1.82) is 5.26 Å². The Morgan fingerprint density at radius 2 is 2.17 bits per heavy atom. The Hall–Kier alpha value is -0.590. The van der Waals surface area contributed by atoms with E-state index in [1.807, 2.05) is 7.11 Å². The van der Waals surface area contributed by atoms with Gasteiger partial charge in [0.1, 0.15) is 0 Å². The summed E-state index contributed by atoms with van der Waals surface area (Å²) < 4.78 is 5.67. The van der Waals surface area contributed by atoms with Gasteiger partial charge in [-0.2, -0.15) is 5.26 Å². The first kappa shape index (κ1) is 13.8. The number of hydrogen-bond donors (Lipinski definition) is 0. The molecule has 2 fully saturated rings. The zero-order valence-corrected chi connectivity index (χ0v) is 12.0. The van der Waals surface area contributed by atoms with E-state index in [2.05, 4.69) is 24.8 Å². The second-order valence-electron chi connectivity index (χ2n) is 6.45. The van der Waals surface area contributed by atoms with Gasteiger partial charge in [0.25, 0.3) is 0 Å². The molecule has 0 radical (unpaired) electrons. The molecule has 4 atom stereocenters. The maximum absolute atomic E-state index is 9.36. The molecular formula is C15H26N2O. The molecule has 0 aromatic rings. The predicted octanol–water partition coefficient (Wildman–Crippen LogP) is 2.82. The van der Waals surface area contributed by atoms with E-state index in [0.29, 0.717) is 6.04 Å². The van der Waals surface area contributed by atoms with Crippen LogP contribution in [0.25, 0.3) is 0 Å². The van der Waals surface area contributed by atoms with Gasteiger partial charge in [0.15, 0.2) is 0 Å². The van der Waals surface area contributed by atoms with E-state index >= 15 is 0 Å². The van der Waals surface area contributed by atoms with Crippen LogP contribution in [0.3, 0.4) is 0 Å². The van der Waals surface area contributed by atoms with Crippen LogP contribution in [-0.2, 0) is 4.74 Å². The highest BCUT2D eigenvalue weighted by atomic mass is 16.5. The van der Waals surface area contributed by atoms with Gasteiger partial charge >= 0.3 is 0 Å². The molecule has 2 rings (SSSR count). The first-order valence-corrected chi connectivity index (χ1v) is 7.27. The minimum Gasteiger partial charge on any atom is -0.377 e. The summed E-state index contributed by atoms with van der Waals surface area (Å²) in [5.74, 6) is 0.982. The third kappa shape index (κ3) is 2.87. The molecule has 1 heterocycles. The molecule has 0 spiro atoms. The van der Waals surface area contributed by atoms with Crippen molar-refractivity contribution in [2.75, 3.05) is 20.2 Å². The average Bonchev–Trinajstić information content (AvgIpc) is 2.39. The largest absolute Gasteiger partial charge is 0.377 e. The van der Waals surface area contributed by atoms with Crippen LogP contribution in [0.1, 0.15) is 46.0 Å². The van der Waals surface area contributed by atoms with Crippen LogP contribution in [-0.4, -0.2) is 36.7 Å². The van der Waals surface area contributed by atoms with Gasteiger partial charge in [-0.25, -0.2) is 0 Å². The molecule has 1 saturated carbocycles. The van der Waals surface area contributed by atoms with Crippen LogP contribution in [0, 0.1) is 23.2 Å². The quantitative estimate of drug-likeness (QED) is 0.756. The summed E-state index contributed by atoms with van der Waals surface area (Å²) in [4.78, 5) is 2.52. The summed E-state index contributed by atoms with van der Waals surface area (Å²) in [7, 11) is 1.81. The minimum atomic E-state index is -0.0149. The lowest BCUT2D eigenvalue weighted by molar-refractivity contribution is -0.0708. The van der Waals surface area contributed by atoms with E-state index in [9.17, 15) is 5.26 Å². The molecule has 0 N–H and O–H groups in total. The van der Waals surface area contributed by atoms with Gasteiger partial charge in [-0.1, -0.05) is 6.92 Å². The molecular weight excluding hydrogens is 224 g/mol. The molecule has 4 unspecified atom stereocenters. The number of hydrogen-bond acceptors (Lipinski definition) is 3. The van der Waals surface area contributed by atoms with E-state index in [1.54, 1.807) is 0 Å². The molecule has 102 valence electrons. The Kier molecular flexibility index (Phi) is 4.29. The van der Waals surface area contributed by atoms with E-state index in [1.165, 1.54) is 19.3 Å². The minimum absolute atomic E-state index is 0.0149. The smallest absolute Gasteiger partial charge is 0.0777 e. The lowest BCUT2D eigenvalue weighted by Crippen LogP contribution is -2.54. The number of nitriles is 1. The van der Waals surface area contributed by atoms with E-state index in [-0.39, 0.29) is 11.5 Å². The molecule has 0 aromatic carbocycles. The van der Waals surface area contributed by atoms with Crippen LogP contribution in [0.5, 0.6) is 0 Å². The summed E-state index contributed by atoms with van der Waals surface area (Å²) in [6.45, 7) is 6.64. The average molecular weight is 250 g/mol. The van der Waals surface area contributed by atoms with Crippen molar-refractivity contribution in [2.45, 2.75) is 57.6 Å². The van der Waals surface area contributed by atoms with Crippen molar-refractivity contribution in [3.05, 3.63) is 0 Å². The standard InChI is InChI=1S/C15H26N2O/c1-12-5-6-13(10-16)14(9-12)17-8-4-7-15(2,11-17)18-3/h12-14H,4-9,11H2,1-3H3. The van der Waals surface area contributed by atoms with Gasteiger partial charge in [0.2, 0.25) is 0 Å². The van der Waals surface area contributed by atoms with Crippen LogP contribution in [0.2, 0.25) is 0 Å². The first-order valence-electron chi connectivity index (χ1n) is 7.27. The van der Waals surface area contributed by atoms with Crippen LogP contribution >= 0.6 is 0 Å². The summed E-state index contributed by atoms with van der Waals surface area (Å²) >= 11 is 0. The fraction of sp³-hybridized carbons (Fsp3) is 0.933. The van der Waals surface area contributed by atoms with Crippen molar-refractivity contribution in [1.82, 2.24) is 4.90 Å². The second kappa shape index (κ2) is 5.59. The van der Waals surface area contributed by atoms with Crippen molar-refractivity contribution in [2.24, 2.45) is 11.8 Å². The molecule has 18 heavy (non-hydrogen) atoms. The Morgan fingerprint density at radius 3 is 2.83 bits per heavy atom. The van der Waals surface area contributed by atoms with Crippen molar-refractivity contribution in [3.63, 3.8) is 0 Å². The number of ether oxygens (including phenoxy) is 1. The molecule has 3 nitrogen and oxygen atoms in total. The molecule has 3 heteroatoms. The van der Waals surface area contributed by atoms with Gasteiger partial charge in [-0.15, -0.1) is 0 Å². The number of nitrogens with zero attached hydrogens (tertiary/aromatic N) is 2. The highest BCUT2D eigenvalue weighted by Gasteiger charge is 2.39. The topological polar surface area (TPSA) is 36.3 Å². The lowest BCUT2D eigenvalue weighted by Gasteiger charge is -2.46. The maximum atomic E-state index is 9.36. The number of rotatable bonds is 2. The molecule has 1 aliphatic heterocycles. The zero-order valence-electron chi connectivity index (χ0n) is 12.0. The Balaban J connectivity index is 2.06. The van der Waals surface area contributed by atoms with Gasteiger partial charge in [0.05, 0.1) is 17.6 Å². The van der Waals surface area contributed by atoms with Gasteiger partial charge in [0, 0.05) is 19.7 Å². The van der Waals surface area contributed by atoms with E-state index in [0.717, 1.165) is 31.8 Å². The van der Waals surface area contributed by atoms with Crippen molar-refractivity contribution >= 4 is 0 Å². The maximum Gasteiger partial charge on any atom is 0.0777 e. The van der Waals surface area contributed by atoms with Gasteiger partial charge in [-0.05, 0) is 51.5 Å². The monoisotopic (exact) mass is 250 g/mol. The molecule has 0 aromatic heterocycles. The Labute approximate surface area is 111 Å². The Morgan fingerprint density at radius 1 is 1.39 bits per heavy atom. The predicted molar refractivity (Wildman–Crippen MR) is 72.1 cm³/mol.